The molecular formula is C16H17NO6. The van der Waals surface area contributed by atoms with Gasteiger partial charge in [0, 0.05) is 0 Å². The number of rotatable bonds is 8. The molecule has 7 heteroatoms. The van der Waals surface area contributed by atoms with E-state index < -0.39 is 24.3 Å². The number of hydrogen-bond acceptors (Lipinski definition) is 5. The summed E-state index contributed by atoms with van der Waals surface area (Å²) in [6, 6.07) is 6.53. The fourth-order valence-corrected chi connectivity index (χ4v) is 2.43. The number of imide groups is 1. The highest BCUT2D eigenvalue weighted by molar-refractivity contribution is 6.21. The number of carbonyl (C=O) groups excluding carboxylic acids is 3. The van der Waals surface area contributed by atoms with Crippen molar-refractivity contribution in [2.24, 2.45) is 0 Å². The molecule has 0 bridgehead atoms. The smallest absolute Gasteiger partial charge is 0.310 e. The molecule has 1 N–H and O–H groups in total. The summed E-state index contributed by atoms with van der Waals surface area (Å²) in [5.41, 5.74) is 0.706. The van der Waals surface area contributed by atoms with Gasteiger partial charge in [0.1, 0.15) is 12.5 Å². The number of nitrogens with zero attached hydrogens (tertiary/aromatic N) is 1. The van der Waals surface area contributed by atoms with Crippen molar-refractivity contribution in [3.63, 3.8) is 0 Å². The van der Waals surface area contributed by atoms with Crippen molar-refractivity contribution in [2.75, 3.05) is 13.2 Å². The molecule has 122 valence electrons. The highest BCUT2D eigenvalue weighted by atomic mass is 16.5. The zero-order valence-corrected chi connectivity index (χ0v) is 12.7. The number of Topliss-reactive ketones (excluding diaryl/α,β-unsaturated/α-hetero) is 1. The Morgan fingerprint density at radius 1 is 1.17 bits per heavy atom. The number of carboxylic acid groups (broad SMARTS) is 1. The number of hydrogen-bond donors (Lipinski definition) is 1. The number of carbonyl (C=O) groups is 4. The lowest BCUT2D eigenvalue weighted by Gasteiger charge is -2.17. The van der Waals surface area contributed by atoms with E-state index in [0.29, 0.717) is 17.5 Å². The van der Waals surface area contributed by atoms with Gasteiger partial charge in [0.05, 0.1) is 24.3 Å². The Hall–Kier alpha value is -2.54. The van der Waals surface area contributed by atoms with Gasteiger partial charge in [0.25, 0.3) is 11.8 Å². The second kappa shape index (κ2) is 7.15. The maximum atomic E-state index is 12.1. The monoisotopic (exact) mass is 319 g/mol. The SMILES string of the molecule is CCC(OCCN1C(=O)c2ccccc2C1=O)C(=O)CC(=O)O. The van der Waals surface area contributed by atoms with Gasteiger partial charge in [-0.15, -0.1) is 0 Å². The molecule has 1 atom stereocenters. The molecule has 0 saturated heterocycles. The van der Waals surface area contributed by atoms with E-state index in [-0.39, 0.29) is 25.0 Å². The largest absolute Gasteiger partial charge is 0.481 e. The number of carboxylic acids is 1. The van der Waals surface area contributed by atoms with Crippen molar-refractivity contribution in [3.05, 3.63) is 35.4 Å². The molecule has 1 aromatic carbocycles. The average Bonchev–Trinajstić information content (AvgIpc) is 2.76. The molecule has 0 radical (unpaired) electrons. The first-order chi connectivity index (χ1) is 11.0. The first-order valence-electron chi connectivity index (χ1n) is 7.27. The molecule has 1 aliphatic rings. The van der Waals surface area contributed by atoms with Crippen molar-refractivity contribution in [1.29, 1.82) is 0 Å². The minimum absolute atomic E-state index is 0.0171. The van der Waals surface area contributed by atoms with Crippen LogP contribution in [-0.4, -0.2) is 52.8 Å². The molecule has 0 aromatic heterocycles. The van der Waals surface area contributed by atoms with Crippen LogP contribution in [0.2, 0.25) is 0 Å². The van der Waals surface area contributed by atoms with Crippen LogP contribution >= 0.6 is 0 Å². The van der Waals surface area contributed by atoms with E-state index in [0.717, 1.165) is 4.90 Å². The Kier molecular flexibility index (Phi) is 5.23. The molecule has 0 saturated carbocycles. The lowest BCUT2D eigenvalue weighted by molar-refractivity contribution is -0.143. The Morgan fingerprint density at radius 3 is 2.22 bits per heavy atom. The van der Waals surface area contributed by atoms with Crippen molar-refractivity contribution in [2.45, 2.75) is 25.9 Å². The molecule has 1 aromatic rings. The zero-order chi connectivity index (χ0) is 17.0. The molecule has 0 aliphatic carbocycles. The second-order valence-electron chi connectivity index (χ2n) is 5.11. The normalized spacial score (nSPS) is 14.7. The standard InChI is InChI=1S/C16H17NO6/c1-2-13(12(18)9-14(19)20)23-8-7-17-15(21)10-5-3-4-6-11(10)16(17)22/h3-6,13H,2,7-9H2,1H3,(H,19,20). The Labute approximate surface area is 132 Å². The maximum absolute atomic E-state index is 12.1. The topological polar surface area (TPSA) is 101 Å². The number of amides is 2. The van der Waals surface area contributed by atoms with Crippen LogP contribution in [0.5, 0.6) is 0 Å². The van der Waals surface area contributed by atoms with Crippen LogP contribution < -0.4 is 0 Å². The summed E-state index contributed by atoms with van der Waals surface area (Å²) in [6.07, 6.45) is -1.12. The molecule has 1 unspecified atom stereocenters. The first kappa shape index (κ1) is 16.8. The Bertz CT molecular complexity index is 619. The molecule has 2 rings (SSSR count). The van der Waals surface area contributed by atoms with E-state index in [1.54, 1.807) is 31.2 Å². The van der Waals surface area contributed by atoms with E-state index in [1.807, 2.05) is 0 Å². The molecule has 2 amide bonds. The fourth-order valence-electron chi connectivity index (χ4n) is 2.43. The summed E-state index contributed by atoms with van der Waals surface area (Å²) < 4.78 is 5.35. The third-order valence-electron chi connectivity index (χ3n) is 3.57. The Morgan fingerprint density at radius 2 is 1.74 bits per heavy atom. The van der Waals surface area contributed by atoms with Crippen LogP contribution in [0.3, 0.4) is 0 Å². The van der Waals surface area contributed by atoms with Crippen LogP contribution in [0.15, 0.2) is 24.3 Å². The second-order valence-corrected chi connectivity index (χ2v) is 5.11. The maximum Gasteiger partial charge on any atom is 0.310 e. The van der Waals surface area contributed by atoms with E-state index in [4.69, 9.17) is 9.84 Å². The minimum atomic E-state index is -1.21. The molecule has 1 heterocycles. The van der Waals surface area contributed by atoms with Gasteiger partial charge in [-0.25, -0.2) is 0 Å². The molecule has 0 fully saturated rings. The lowest BCUT2D eigenvalue weighted by Crippen LogP contribution is -2.35. The lowest BCUT2D eigenvalue weighted by atomic mass is 10.1. The summed E-state index contributed by atoms with van der Waals surface area (Å²) in [5.74, 6) is -2.52. The fraction of sp³-hybridized carbons (Fsp3) is 0.375. The van der Waals surface area contributed by atoms with Crippen molar-refractivity contribution >= 4 is 23.6 Å². The number of fused-ring (bicyclic) bond motifs is 1. The van der Waals surface area contributed by atoms with Gasteiger partial charge >= 0.3 is 5.97 Å². The van der Waals surface area contributed by atoms with Gasteiger partial charge in [-0.1, -0.05) is 19.1 Å². The highest BCUT2D eigenvalue weighted by Gasteiger charge is 2.34. The number of benzene rings is 1. The quantitative estimate of drug-likeness (QED) is 0.569. The summed E-state index contributed by atoms with van der Waals surface area (Å²) >= 11 is 0. The van der Waals surface area contributed by atoms with E-state index in [9.17, 15) is 19.2 Å². The van der Waals surface area contributed by atoms with E-state index in [2.05, 4.69) is 0 Å². The molecule has 0 spiro atoms. The summed E-state index contributed by atoms with van der Waals surface area (Å²) in [6.45, 7) is 1.70. The van der Waals surface area contributed by atoms with E-state index >= 15 is 0 Å². The first-order valence-corrected chi connectivity index (χ1v) is 7.27. The van der Waals surface area contributed by atoms with Crippen LogP contribution in [0.1, 0.15) is 40.5 Å². The van der Waals surface area contributed by atoms with E-state index in [1.165, 1.54) is 0 Å². The van der Waals surface area contributed by atoms with Crippen molar-refractivity contribution in [1.82, 2.24) is 4.90 Å². The average molecular weight is 319 g/mol. The van der Waals surface area contributed by atoms with Gasteiger partial charge in [-0.05, 0) is 18.6 Å². The molecule has 1 aliphatic heterocycles. The third kappa shape index (κ3) is 3.62. The van der Waals surface area contributed by atoms with Gasteiger partial charge < -0.3 is 9.84 Å². The molecule has 7 nitrogen and oxygen atoms in total. The molecule has 23 heavy (non-hydrogen) atoms. The minimum Gasteiger partial charge on any atom is -0.481 e. The van der Waals surface area contributed by atoms with Crippen LogP contribution in [-0.2, 0) is 14.3 Å². The Balaban J connectivity index is 1.92. The predicted octanol–water partition coefficient (Wildman–Crippen LogP) is 1.12. The number of ether oxygens (including phenoxy) is 1. The van der Waals surface area contributed by atoms with Gasteiger partial charge in [-0.2, -0.15) is 0 Å². The van der Waals surface area contributed by atoms with Gasteiger partial charge in [0.2, 0.25) is 0 Å². The van der Waals surface area contributed by atoms with Gasteiger partial charge in [-0.3, -0.25) is 24.1 Å². The van der Waals surface area contributed by atoms with Crippen molar-refractivity contribution in [3.8, 4) is 0 Å². The van der Waals surface area contributed by atoms with Crippen LogP contribution in [0.25, 0.3) is 0 Å². The highest BCUT2D eigenvalue weighted by Crippen LogP contribution is 2.22. The molecular weight excluding hydrogens is 302 g/mol. The van der Waals surface area contributed by atoms with Crippen LogP contribution in [0, 0.1) is 0 Å². The third-order valence-corrected chi connectivity index (χ3v) is 3.57. The summed E-state index contributed by atoms with van der Waals surface area (Å²) in [7, 11) is 0. The van der Waals surface area contributed by atoms with Crippen molar-refractivity contribution < 1.29 is 29.0 Å². The number of ketones is 1. The summed E-state index contributed by atoms with van der Waals surface area (Å²) in [4.78, 5) is 47.6. The zero-order valence-electron chi connectivity index (χ0n) is 12.7. The predicted molar refractivity (Wildman–Crippen MR) is 79.1 cm³/mol. The number of aliphatic carboxylic acids is 1. The summed E-state index contributed by atoms with van der Waals surface area (Å²) in [5, 5.41) is 8.62. The van der Waals surface area contributed by atoms with Gasteiger partial charge in [0.15, 0.2) is 5.78 Å². The van der Waals surface area contributed by atoms with Crippen LogP contribution in [0.4, 0.5) is 0 Å².